The van der Waals surface area contributed by atoms with E-state index in [1.807, 2.05) is 50.4 Å². The molecule has 0 aromatic carbocycles. The van der Waals surface area contributed by atoms with Crippen LogP contribution in [0.5, 0.6) is 0 Å². The molecular weight excluding hydrogens is 478 g/mol. The molecule has 202 valence electrons. The third-order valence-corrected chi connectivity index (χ3v) is 8.38. The standard InChI is InChI=1S/C28H37NO8/c1-15-10-16(2)28-17(11-22(31)36-25(15)21(30)14-34-4)7-8-19-23(28)24(32)20(13-33-3)26(27(19)37-28)35-12-18-6-5-9-29-18/h5-11,15,19-21,23-27,29-30,32H,12-14H2,1-4H3. The smallest absolute Gasteiger partial charge is 0.331 e. The van der Waals surface area contributed by atoms with E-state index < -0.39 is 36.0 Å². The predicted octanol–water partition coefficient (Wildman–Crippen LogP) is 1.92. The molecule has 3 N–H and O–H groups in total. The summed E-state index contributed by atoms with van der Waals surface area (Å²) in [5, 5.41) is 22.5. The van der Waals surface area contributed by atoms with Crippen LogP contribution in [0.1, 0.15) is 19.5 Å². The minimum absolute atomic E-state index is 0.0390. The lowest BCUT2D eigenvalue weighted by Crippen LogP contribution is -2.56. The number of aromatic amines is 1. The maximum Gasteiger partial charge on any atom is 0.331 e. The minimum atomic E-state index is -1.03. The SMILES string of the molecule is COCC(O)C1OC(=O)C=C2C=CC3C4OC2(C(C)=CC1C)C3C(O)C(COC)C4OCc1ccc[nH]1. The van der Waals surface area contributed by atoms with Crippen LogP contribution < -0.4 is 0 Å². The monoisotopic (exact) mass is 515 g/mol. The molecule has 4 aliphatic rings. The van der Waals surface area contributed by atoms with Gasteiger partial charge in [-0.05, 0) is 30.2 Å². The van der Waals surface area contributed by atoms with E-state index in [1.54, 1.807) is 7.11 Å². The highest BCUT2D eigenvalue weighted by Gasteiger charge is 2.68. The van der Waals surface area contributed by atoms with Crippen LogP contribution in [0, 0.1) is 23.7 Å². The highest BCUT2D eigenvalue weighted by atomic mass is 16.6. The third kappa shape index (κ3) is 4.41. The summed E-state index contributed by atoms with van der Waals surface area (Å²) in [6.07, 6.45) is 5.82. The van der Waals surface area contributed by atoms with E-state index in [0.29, 0.717) is 18.8 Å². The Morgan fingerprint density at radius 2 is 2.08 bits per heavy atom. The minimum Gasteiger partial charge on any atom is -0.456 e. The van der Waals surface area contributed by atoms with Crippen molar-refractivity contribution in [3.8, 4) is 0 Å². The fourth-order valence-corrected chi connectivity index (χ4v) is 6.83. The second-order valence-electron chi connectivity index (χ2n) is 10.6. The summed E-state index contributed by atoms with van der Waals surface area (Å²) in [5.41, 5.74) is 1.39. The molecular formula is C28H37NO8. The van der Waals surface area contributed by atoms with Gasteiger partial charge in [-0.1, -0.05) is 25.2 Å². The van der Waals surface area contributed by atoms with Crippen LogP contribution >= 0.6 is 0 Å². The summed E-state index contributed by atoms with van der Waals surface area (Å²) >= 11 is 0. The molecule has 9 heteroatoms. The van der Waals surface area contributed by atoms with E-state index in [-0.39, 0.29) is 36.4 Å². The second kappa shape index (κ2) is 10.5. The molecule has 1 aromatic rings. The number of hydrogen-bond donors (Lipinski definition) is 3. The van der Waals surface area contributed by atoms with E-state index in [0.717, 1.165) is 11.3 Å². The Hall–Kier alpha value is -2.27. The van der Waals surface area contributed by atoms with Gasteiger partial charge in [0.05, 0.1) is 38.1 Å². The van der Waals surface area contributed by atoms with Crippen LogP contribution in [-0.4, -0.2) is 84.7 Å². The van der Waals surface area contributed by atoms with Crippen molar-refractivity contribution in [2.24, 2.45) is 23.7 Å². The Morgan fingerprint density at radius 3 is 2.78 bits per heavy atom. The van der Waals surface area contributed by atoms with E-state index in [9.17, 15) is 15.0 Å². The quantitative estimate of drug-likeness (QED) is 0.355. The predicted molar refractivity (Wildman–Crippen MR) is 133 cm³/mol. The number of nitrogens with one attached hydrogen (secondary N) is 1. The number of aliphatic hydroxyl groups excluding tert-OH is 2. The van der Waals surface area contributed by atoms with Gasteiger partial charge < -0.3 is 38.9 Å². The number of esters is 1. The average molecular weight is 516 g/mol. The van der Waals surface area contributed by atoms with Crippen molar-refractivity contribution in [1.82, 2.24) is 4.98 Å². The number of carbonyl (C=O) groups excluding carboxylic acids is 1. The highest BCUT2D eigenvalue weighted by Crippen LogP contribution is 2.60. The van der Waals surface area contributed by atoms with Gasteiger partial charge in [-0.3, -0.25) is 0 Å². The van der Waals surface area contributed by atoms with Gasteiger partial charge in [0.15, 0.2) is 0 Å². The fraction of sp³-hybridized carbons (Fsp3) is 0.607. The van der Waals surface area contributed by atoms with Crippen molar-refractivity contribution >= 4 is 5.97 Å². The molecule has 10 unspecified atom stereocenters. The Morgan fingerprint density at radius 1 is 1.27 bits per heavy atom. The van der Waals surface area contributed by atoms with E-state index >= 15 is 0 Å². The lowest BCUT2D eigenvalue weighted by atomic mass is 9.59. The lowest BCUT2D eigenvalue weighted by Gasteiger charge is -2.46. The van der Waals surface area contributed by atoms with Gasteiger partial charge in [-0.25, -0.2) is 4.79 Å². The van der Waals surface area contributed by atoms with Gasteiger partial charge >= 0.3 is 5.97 Å². The van der Waals surface area contributed by atoms with Gasteiger partial charge in [-0.15, -0.1) is 0 Å². The molecule has 9 nitrogen and oxygen atoms in total. The van der Waals surface area contributed by atoms with Crippen molar-refractivity contribution in [1.29, 1.82) is 0 Å². The van der Waals surface area contributed by atoms with Gasteiger partial charge in [0, 0.05) is 55.9 Å². The van der Waals surface area contributed by atoms with Crippen molar-refractivity contribution < 1.29 is 38.7 Å². The number of rotatable bonds is 8. The van der Waals surface area contributed by atoms with Crippen molar-refractivity contribution in [2.75, 3.05) is 27.4 Å². The molecule has 2 fully saturated rings. The number of cyclic esters (lactones) is 1. The normalized spacial score (nSPS) is 39.6. The molecule has 3 heterocycles. The molecule has 0 amide bonds. The summed E-state index contributed by atoms with van der Waals surface area (Å²) in [5.74, 6) is -1.66. The van der Waals surface area contributed by atoms with Gasteiger partial charge in [0.2, 0.25) is 0 Å². The van der Waals surface area contributed by atoms with Crippen LogP contribution in [0.25, 0.3) is 0 Å². The molecule has 2 aliphatic carbocycles. The van der Waals surface area contributed by atoms with Gasteiger partial charge in [-0.2, -0.15) is 0 Å². The lowest BCUT2D eigenvalue weighted by molar-refractivity contribution is -0.154. The molecule has 10 atom stereocenters. The number of carbonyl (C=O) groups is 1. The first-order valence-corrected chi connectivity index (χ1v) is 12.9. The van der Waals surface area contributed by atoms with Gasteiger partial charge in [0.25, 0.3) is 0 Å². The first-order valence-electron chi connectivity index (χ1n) is 12.9. The van der Waals surface area contributed by atoms with E-state index in [2.05, 4.69) is 4.98 Å². The van der Waals surface area contributed by atoms with E-state index in [4.69, 9.17) is 23.7 Å². The van der Waals surface area contributed by atoms with Crippen LogP contribution in [0.15, 0.2) is 53.8 Å². The zero-order valence-corrected chi connectivity index (χ0v) is 21.7. The maximum atomic E-state index is 13.1. The number of ether oxygens (including phenoxy) is 5. The Balaban J connectivity index is 1.56. The molecule has 2 aliphatic heterocycles. The molecule has 1 saturated heterocycles. The van der Waals surface area contributed by atoms with Crippen LogP contribution in [-0.2, 0) is 35.1 Å². The van der Waals surface area contributed by atoms with Crippen molar-refractivity contribution in [3.63, 3.8) is 0 Å². The summed E-state index contributed by atoms with van der Waals surface area (Å²) in [4.78, 5) is 16.2. The fourth-order valence-electron chi connectivity index (χ4n) is 6.83. The third-order valence-electron chi connectivity index (χ3n) is 8.38. The number of methoxy groups -OCH3 is 2. The number of aliphatic hydroxyl groups is 2. The summed E-state index contributed by atoms with van der Waals surface area (Å²) < 4.78 is 29.7. The zero-order valence-electron chi connectivity index (χ0n) is 21.7. The highest BCUT2D eigenvalue weighted by molar-refractivity contribution is 5.85. The van der Waals surface area contributed by atoms with Crippen molar-refractivity contribution in [3.05, 3.63) is 59.5 Å². The van der Waals surface area contributed by atoms with Crippen LogP contribution in [0.4, 0.5) is 0 Å². The number of H-pyrrole nitrogens is 1. The maximum absolute atomic E-state index is 13.1. The topological polar surface area (TPSA) is 119 Å². The molecule has 1 spiro atoms. The zero-order chi connectivity index (χ0) is 26.3. The first kappa shape index (κ1) is 26.3. The number of hydrogen-bond acceptors (Lipinski definition) is 8. The van der Waals surface area contributed by atoms with E-state index in [1.165, 1.54) is 13.2 Å². The Labute approximate surface area is 217 Å². The summed E-state index contributed by atoms with van der Waals surface area (Å²) in [7, 11) is 3.11. The summed E-state index contributed by atoms with van der Waals surface area (Å²) in [6, 6.07) is 3.87. The number of aromatic nitrogens is 1. The Bertz CT molecular complexity index is 1060. The largest absolute Gasteiger partial charge is 0.456 e. The second-order valence-corrected chi connectivity index (χ2v) is 10.6. The average Bonchev–Trinajstić information content (AvgIpc) is 3.45. The first-order chi connectivity index (χ1) is 17.8. The van der Waals surface area contributed by atoms with Crippen LogP contribution in [0.2, 0.25) is 0 Å². The van der Waals surface area contributed by atoms with Gasteiger partial charge in [0.1, 0.15) is 17.8 Å². The molecule has 37 heavy (non-hydrogen) atoms. The molecule has 5 rings (SSSR count). The molecule has 0 radical (unpaired) electrons. The van der Waals surface area contributed by atoms with Crippen molar-refractivity contribution in [2.45, 2.75) is 56.6 Å². The molecule has 1 saturated carbocycles. The van der Waals surface area contributed by atoms with Crippen LogP contribution in [0.3, 0.4) is 0 Å². The molecule has 4 bridgehead atoms. The Kier molecular flexibility index (Phi) is 7.46. The summed E-state index contributed by atoms with van der Waals surface area (Å²) in [6.45, 7) is 4.55. The molecule has 1 aromatic heterocycles.